The third kappa shape index (κ3) is 2.76. The number of fused-ring (bicyclic) bond motifs is 3. The Morgan fingerprint density at radius 3 is 2.91 bits per heavy atom. The molecule has 1 aliphatic rings. The molecule has 1 saturated heterocycles. The summed E-state index contributed by atoms with van der Waals surface area (Å²) in [6, 6.07) is 10.1. The number of hydrogen-bond donors (Lipinski definition) is 1. The molecule has 1 aliphatic heterocycles. The zero-order chi connectivity index (χ0) is 15.6. The minimum Gasteiger partial charge on any atom is -0.368 e. The number of likely N-dealkylation sites (tertiary alicyclic amines) is 1. The van der Waals surface area contributed by atoms with Gasteiger partial charge in [0.25, 0.3) is 0 Å². The van der Waals surface area contributed by atoms with Gasteiger partial charge in [0.1, 0.15) is 5.82 Å². The van der Waals surface area contributed by atoms with Gasteiger partial charge in [0.2, 0.25) is 0 Å². The molecule has 2 aromatic heterocycles. The summed E-state index contributed by atoms with van der Waals surface area (Å²) in [5.41, 5.74) is 1.55. The zero-order valence-electron chi connectivity index (χ0n) is 12.9. The second kappa shape index (κ2) is 6.15. The molecule has 0 spiro atoms. The Morgan fingerprint density at radius 2 is 2.09 bits per heavy atom. The average Bonchev–Trinajstić information content (AvgIpc) is 3.26. The van der Waals surface area contributed by atoms with Gasteiger partial charge in [-0.1, -0.05) is 6.07 Å². The molecule has 1 N–H and O–H groups in total. The number of pyridine rings is 1. The number of aromatic nitrogens is 1. The van der Waals surface area contributed by atoms with Crippen molar-refractivity contribution in [3.63, 3.8) is 0 Å². The van der Waals surface area contributed by atoms with Crippen LogP contribution in [0.15, 0.2) is 29.6 Å². The van der Waals surface area contributed by atoms with E-state index in [1.54, 1.807) is 11.3 Å². The maximum Gasteiger partial charge on any atom is 0.135 e. The predicted molar refractivity (Wildman–Crippen MR) is 96.0 cm³/mol. The van der Waals surface area contributed by atoms with Crippen LogP contribution in [0.4, 0.5) is 5.82 Å². The van der Waals surface area contributed by atoms with E-state index in [1.165, 1.54) is 36.0 Å². The number of nitrogens with one attached hydrogen (secondary N) is 1. The molecule has 3 aromatic rings. The molecule has 0 unspecified atom stereocenters. The van der Waals surface area contributed by atoms with Crippen LogP contribution in [0.2, 0.25) is 0 Å². The van der Waals surface area contributed by atoms with E-state index in [0.717, 1.165) is 29.8 Å². The number of benzene rings is 1. The number of nitrogens with zero attached hydrogens (tertiary/aromatic N) is 3. The summed E-state index contributed by atoms with van der Waals surface area (Å²) in [5, 5.41) is 17.0. The van der Waals surface area contributed by atoms with Gasteiger partial charge in [0, 0.05) is 28.6 Å². The number of nitriles is 1. The fourth-order valence-electron chi connectivity index (χ4n) is 3.24. The van der Waals surface area contributed by atoms with Crippen molar-refractivity contribution in [2.45, 2.75) is 12.8 Å². The fourth-order valence-corrected chi connectivity index (χ4v) is 4.18. The lowest BCUT2D eigenvalue weighted by molar-refractivity contribution is 0.352. The molecule has 5 heteroatoms. The summed E-state index contributed by atoms with van der Waals surface area (Å²) in [4.78, 5) is 7.27. The third-order valence-corrected chi connectivity index (χ3v) is 5.39. The van der Waals surface area contributed by atoms with Gasteiger partial charge in [-0.3, -0.25) is 0 Å². The highest BCUT2D eigenvalue weighted by molar-refractivity contribution is 7.18. The molecular formula is C18H18N4S. The summed E-state index contributed by atoms with van der Waals surface area (Å²) in [6.45, 7) is 4.39. The lowest BCUT2D eigenvalue weighted by Crippen LogP contribution is -2.26. The fraction of sp³-hybridized carbons (Fsp3) is 0.333. The van der Waals surface area contributed by atoms with Crippen molar-refractivity contribution in [2.75, 3.05) is 31.5 Å². The van der Waals surface area contributed by atoms with Crippen molar-refractivity contribution in [1.82, 2.24) is 9.88 Å². The van der Waals surface area contributed by atoms with Crippen LogP contribution in [0.1, 0.15) is 18.4 Å². The Balaban J connectivity index is 1.66. The molecule has 23 heavy (non-hydrogen) atoms. The van der Waals surface area contributed by atoms with Gasteiger partial charge < -0.3 is 10.2 Å². The highest BCUT2D eigenvalue weighted by Gasteiger charge is 2.12. The van der Waals surface area contributed by atoms with Crippen molar-refractivity contribution >= 4 is 38.1 Å². The second-order valence-electron chi connectivity index (χ2n) is 5.94. The number of anilines is 1. The number of thiophene rings is 1. The van der Waals surface area contributed by atoms with E-state index in [0.29, 0.717) is 5.56 Å². The molecular weight excluding hydrogens is 304 g/mol. The standard InChI is InChI=1S/C18H18N4S/c19-12-13-3-4-14-16(11-13)21-18(15-5-10-23-17(14)15)20-6-9-22-7-1-2-8-22/h3-5,10-11H,1-2,6-9H2,(H,20,21). The minimum atomic E-state index is 0.656. The lowest BCUT2D eigenvalue weighted by atomic mass is 10.1. The second-order valence-corrected chi connectivity index (χ2v) is 6.86. The predicted octanol–water partition coefficient (Wildman–Crippen LogP) is 3.83. The minimum absolute atomic E-state index is 0.656. The first-order chi connectivity index (χ1) is 11.3. The summed E-state index contributed by atoms with van der Waals surface area (Å²) in [7, 11) is 0. The molecule has 0 saturated carbocycles. The summed E-state index contributed by atoms with van der Waals surface area (Å²) < 4.78 is 1.24. The van der Waals surface area contributed by atoms with Crippen LogP contribution in [0.25, 0.3) is 21.0 Å². The van der Waals surface area contributed by atoms with E-state index in [1.807, 2.05) is 18.2 Å². The van der Waals surface area contributed by atoms with Gasteiger partial charge in [-0.05, 0) is 49.5 Å². The Morgan fingerprint density at radius 1 is 1.22 bits per heavy atom. The Kier molecular flexibility index (Phi) is 3.86. The number of hydrogen-bond acceptors (Lipinski definition) is 5. The number of rotatable bonds is 4. The van der Waals surface area contributed by atoms with Crippen molar-refractivity contribution in [3.05, 3.63) is 35.2 Å². The van der Waals surface area contributed by atoms with Gasteiger partial charge in [-0.2, -0.15) is 5.26 Å². The summed E-state index contributed by atoms with van der Waals surface area (Å²) >= 11 is 1.73. The summed E-state index contributed by atoms with van der Waals surface area (Å²) in [5.74, 6) is 0.933. The Bertz CT molecular complexity index is 887. The molecule has 0 amide bonds. The lowest BCUT2D eigenvalue weighted by Gasteiger charge is -2.15. The Labute approximate surface area is 139 Å². The largest absolute Gasteiger partial charge is 0.368 e. The third-order valence-electron chi connectivity index (χ3n) is 4.44. The van der Waals surface area contributed by atoms with E-state index in [-0.39, 0.29) is 0 Å². The molecule has 0 radical (unpaired) electrons. The molecule has 4 rings (SSSR count). The van der Waals surface area contributed by atoms with Gasteiger partial charge in [0.15, 0.2) is 0 Å². The van der Waals surface area contributed by atoms with Crippen molar-refractivity contribution in [2.24, 2.45) is 0 Å². The van der Waals surface area contributed by atoms with Crippen molar-refractivity contribution < 1.29 is 0 Å². The van der Waals surface area contributed by atoms with Crippen LogP contribution in [-0.2, 0) is 0 Å². The molecule has 116 valence electrons. The maximum absolute atomic E-state index is 9.11. The molecule has 1 aromatic carbocycles. The Hall–Kier alpha value is -2.16. The normalized spacial score (nSPS) is 15.3. The smallest absolute Gasteiger partial charge is 0.135 e. The van der Waals surface area contributed by atoms with Crippen molar-refractivity contribution in [1.29, 1.82) is 5.26 Å². The van der Waals surface area contributed by atoms with Gasteiger partial charge in [0.05, 0.1) is 17.1 Å². The van der Waals surface area contributed by atoms with Crippen LogP contribution in [0.3, 0.4) is 0 Å². The first-order valence-corrected chi connectivity index (χ1v) is 8.90. The molecule has 3 heterocycles. The highest BCUT2D eigenvalue weighted by atomic mass is 32.1. The van der Waals surface area contributed by atoms with E-state index >= 15 is 0 Å². The highest BCUT2D eigenvalue weighted by Crippen LogP contribution is 2.33. The van der Waals surface area contributed by atoms with E-state index in [4.69, 9.17) is 10.2 Å². The molecule has 4 nitrogen and oxygen atoms in total. The van der Waals surface area contributed by atoms with Crippen LogP contribution in [0.5, 0.6) is 0 Å². The zero-order valence-corrected chi connectivity index (χ0v) is 13.7. The molecule has 0 bridgehead atoms. The van der Waals surface area contributed by atoms with Gasteiger partial charge >= 0.3 is 0 Å². The van der Waals surface area contributed by atoms with E-state index < -0.39 is 0 Å². The molecule has 0 atom stereocenters. The topological polar surface area (TPSA) is 52.0 Å². The van der Waals surface area contributed by atoms with Crippen molar-refractivity contribution in [3.8, 4) is 6.07 Å². The van der Waals surface area contributed by atoms with E-state index in [2.05, 4.69) is 27.7 Å². The molecule has 1 fully saturated rings. The van der Waals surface area contributed by atoms with Crippen LogP contribution in [-0.4, -0.2) is 36.1 Å². The monoisotopic (exact) mass is 322 g/mol. The quantitative estimate of drug-likeness (QED) is 0.793. The first kappa shape index (κ1) is 14.4. The first-order valence-electron chi connectivity index (χ1n) is 8.02. The average molecular weight is 322 g/mol. The van der Waals surface area contributed by atoms with Crippen LogP contribution >= 0.6 is 11.3 Å². The summed E-state index contributed by atoms with van der Waals surface area (Å²) in [6.07, 6.45) is 2.64. The maximum atomic E-state index is 9.11. The van der Waals surface area contributed by atoms with E-state index in [9.17, 15) is 0 Å². The van der Waals surface area contributed by atoms with Crippen LogP contribution < -0.4 is 5.32 Å². The SMILES string of the molecule is N#Cc1ccc2c(c1)nc(NCCN1CCCC1)c1ccsc12. The molecule has 0 aliphatic carbocycles. The van der Waals surface area contributed by atoms with Gasteiger partial charge in [-0.25, -0.2) is 4.98 Å². The van der Waals surface area contributed by atoms with Crippen LogP contribution in [0, 0.1) is 11.3 Å². The van der Waals surface area contributed by atoms with Gasteiger partial charge in [-0.15, -0.1) is 11.3 Å².